The highest BCUT2D eigenvalue weighted by Crippen LogP contribution is 2.22. The third-order valence-electron chi connectivity index (χ3n) is 8.16. The average Bonchev–Trinajstić information content (AvgIpc) is 2.95. The van der Waals surface area contributed by atoms with E-state index in [0.717, 1.165) is 51.4 Å². The molecule has 1 atom stereocenters. The van der Waals surface area contributed by atoms with Crippen LogP contribution in [0.1, 0.15) is 188 Å². The maximum absolute atomic E-state index is 12.4. The largest absolute Gasteiger partial charge is 0.466 e. The van der Waals surface area contributed by atoms with Gasteiger partial charge in [0.15, 0.2) is 0 Å². The van der Waals surface area contributed by atoms with Gasteiger partial charge in [-0.3, -0.25) is 9.59 Å². The molecule has 0 aromatic heterocycles. The van der Waals surface area contributed by atoms with Gasteiger partial charge in [-0.1, -0.05) is 156 Å². The second kappa shape index (κ2) is 30.8. The Hall–Kier alpha value is -1.10. The van der Waals surface area contributed by atoms with E-state index in [0.29, 0.717) is 32.0 Å². The van der Waals surface area contributed by atoms with Crippen LogP contribution in [0.3, 0.4) is 0 Å². The zero-order chi connectivity index (χ0) is 29.5. The SMILES string of the molecule is CCCCCCCCCCOC(=O)CCCCCCCC(N)C(=O)OCCC(CCCCCC)CCCCCC. The van der Waals surface area contributed by atoms with E-state index in [1.807, 2.05) is 0 Å². The lowest BCUT2D eigenvalue weighted by Crippen LogP contribution is -2.32. The van der Waals surface area contributed by atoms with E-state index in [4.69, 9.17) is 15.2 Å². The molecule has 5 nitrogen and oxygen atoms in total. The molecule has 0 fully saturated rings. The first kappa shape index (κ1) is 38.9. The van der Waals surface area contributed by atoms with E-state index in [1.165, 1.54) is 103 Å². The summed E-state index contributed by atoms with van der Waals surface area (Å²) in [7, 11) is 0. The lowest BCUT2D eigenvalue weighted by Gasteiger charge is -2.18. The summed E-state index contributed by atoms with van der Waals surface area (Å²) < 4.78 is 10.9. The highest BCUT2D eigenvalue weighted by molar-refractivity contribution is 5.75. The lowest BCUT2D eigenvalue weighted by atomic mass is 9.92. The summed E-state index contributed by atoms with van der Waals surface area (Å²) in [5.74, 6) is 0.368. The molecular weight excluding hydrogens is 498 g/mol. The van der Waals surface area contributed by atoms with Crippen molar-refractivity contribution in [3.8, 4) is 0 Å². The van der Waals surface area contributed by atoms with Crippen molar-refractivity contribution in [2.45, 2.75) is 194 Å². The first-order valence-electron chi connectivity index (χ1n) is 17.6. The highest BCUT2D eigenvalue weighted by Gasteiger charge is 2.16. The Labute approximate surface area is 249 Å². The quantitative estimate of drug-likeness (QED) is 0.0666. The van der Waals surface area contributed by atoms with E-state index in [2.05, 4.69) is 20.8 Å². The molecule has 0 aliphatic rings. The Morgan fingerprint density at radius 1 is 0.500 bits per heavy atom. The van der Waals surface area contributed by atoms with Gasteiger partial charge in [-0.25, -0.2) is 0 Å². The molecular formula is C35H69NO4. The monoisotopic (exact) mass is 568 g/mol. The summed E-state index contributed by atoms with van der Waals surface area (Å²) >= 11 is 0. The smallest absolute Gasteiger partial charge is 0.322 e. The molecule has 0 aromatic carbocycles. The number of carbonyl (C=O) groups excluding carboxylic acids is 2. The molecule has 238 valence electrons. The van der Waals surface area contributed by atoms with Gasteiger partial charge in [0.1, 0.15) is 6.04 Å². The second-order valence-corrected chi connectivity index (χ2v) is 12.1. The molecule has 0 amide bonds. The van der Waals surface area contributed by atoms with Crippen molar-refractivity contribution < 1.29 is 19.1 Å². The standard InChI is InChI=1S/C35H69NO4/c1-4-7-10-13-14-15-19-24-30-39-34(37)28-23-18-16-17-22-27-33(36)35(38)40-31-29-32(25-20-11-8-5-2)26-21-12-9-6-3/h32-33H,4-31,36H2,1-3H3. The molecule has 0 bridgehead atoms. The van der Waals surface area contributed by atoms with Gasteiger partial charge in [0.25, 0.3) is 0 Å². The number of ether oxygens (including phenoxy) is 2. The fourth-order valence-corrected chi connectivity index (χ4v) is 5.36. The Morgan fingerprint density at radius 2 is 0.950 bits per heavy atom. The molecule has 40 heavy (non-hydrogen) atoms. The molecule has 0 rings (SSSR count). The predicted octanol–water partition coefficient (Wildman–Crippen LogP) is 10.2. The van der Waals surface area contributed by atoms with Crippen molar-refractivity contribution in [3.05, 3.63) is 0 Å². The third-order valence-corrected chi connectivity index (χ3v) is 8.16. The number of hydrogen-bond donors (Lipinski definition) is 1. The Balaban J connectivity index is 3.75. The number of rotatable bonds is 31. The third kappa shape index (κ3) is 27.1. The minimum atomic E-state index is -0.515. The van der Waals surface area contributed by atoms with Gasteiger partial charge in [-0.05, 0) is 31.6 Å². The molecule has 0 saturated heterocycles. The molecule has 1 unspecified atom stereocenters. The maximum Gasteiger partial charge on any atom is 0.322 e. The van der Waals surface area contributed by atoms with Crippen molar-refractivity contribution >= 4 is 11.9 Å². The van der Waals surface area contributed by atoms with Crippen LogP contribution in [0.2, 0.25) is 0 Å². The fraction of sp³-hybridized carbons (Fsp3) is 0.943. The number of hydrogen-bond acceptors (Lipinski definition) is 5. The van der Waals surface area contributed by atoms with E-state index in [-0.39, 0.29) is 11.9 Å². The zero-order valence-electron chi connectivity index (χ0n) is 27.2. The minimum Gasteiger partial charge on any atom is -0.466 e. The van der Waals surface area contributed by atoms with Crippen molar-refractivity contribution in [3.63, 3.8) is 0 Å². The minimum absolute atomic E-state index is 0.0585. The van der Waals surface area contributed by atoms with Gasteiger partial charge in [0.2, 0.25) is 0 Å². The zero-order valence-corrected chi connectivity index (χ0v) is 27.2. The maximum atomic E-state index is 12.4. The van der Waals surface area contributed by atoms with Crippen molar-refractivity contribution in [1.29, 1.82) is 0 Å². The number of nitrogens with two attached hydrogens (primary N) is 1. The van der Waals surface area contributed by atoms with Crippen molar-refractivity contribution in [2.24, 2.45) is 11.7 Å². The molecule has 0 aromatic rings. The normalized spacial score (nSPS) is 12.1. The number of carbonyl (C=O) groups is 2. The summed E-state index contributed by atoms with van der Waals surface area (Å²) in [5, 5.41) is 0. The molecule has 0 heterocycles. The van der Waals surface area contributed by atoms with E-state index in [9.17, 15) is 9.59 Å². The van der Waals surface area contributed by atoms with Crippen LogP contribution in [-0.2, 0) is 19.1 Å². The van der Waals surface area contributed by atoms with E-state index in [1.54, 1.807) is 0 Å². The van der Waals surface area contributed by atoms with Crippen LogP contribution in [0.25, 0.3) is 0 Å². The molecule has 0 radical (unpaired) electrons. The first-order valence-corrected chi connectivity index (χ1v) is 17.6. The summed E-state index contributed by atoms with van der Waals surface area (Å²) in [6.07, 6.45) is 30.0. The molecule has 0 saturated carbocycles. The van der Waals surface area contributed by atoms with Crippen LogP contribution in [0.15, 0.2) is 0 Å². The van der Waals surface area contributed by atoms with Crippen LogP contribution < -0.4 is 5.73 Å². The van der Waals surface area contributed by atoms with Gasteiger partial charge >= 0.3 is 11.9 Å². The van der Waals surface area contributed by atoms with Gasteiger partial charge in [-0.15, -0.1) is 0 Å². The Kier molecular flexibility index (Phi) is 30.0. The van der Waals surface area contributed by atoms with Gasteiger partial charge in [0, 0.05) is 6.42 Å². The van der Waals surface area contributed by atoms with Crippen molar-refractivity contribution in [1.82, 2.24) is 0 Å². The molecule has 2 N–H and O–H groups in total. The number of esters is 2. The Bertz CT molecular complexity index is 542. The van der Waals surface area contributed by atoms with Gasteiger partial charge < -0.3 is 15.2 Å². The van der Waals surface area contributed by atoms with E-state index >= 15 is 0 Å². The topological polar surface area (TPSA) is 78.6 Å². The van der Waals surface area contributed by atoms with E-state index < -0.39 is 6.04 Å². The van der Waals surface area contributed by atoms with Crippen LogP contribution in [0, 0.1) is 5.92 Å². The average molecular weight is 568 g/mol. The Morgan fingerprint density at radius 3 is 1.52 bits per heavy atom. The molecule has 0 aliphatic heterocycles. The highest BCUT2D eigenvalue weighted by atomic mass is 16.5. The molecule has 5 heteroatoms. The summed E-state index contributed by atoms with van der Waals surface area (Å²) in [6.45, 7) is 7.83. The summed E-state index contributed by atoms with van der Waals surface area (Å²) in [4.78, 5) is 24.3. The number of unbranched alkanes of at least 4 members (excludes halogenated alkanes) is 17. The lowest BCUT2D eigenvalue weighted by molar-refractivity contribution is -0.146. The van der Waals surface area contributed by atoms with Crippen LogP contribution in [-0.4, -0.2) is 31.2 Å². The van der Waals surface area contributed by atoms with Crippen LogP contribution in [0.4, 0.5) is 0 Å². The van der Waals surface area contributed by atoms with Crippen LogP contribution >= 0.6 is 0 Å². The fourth-order valence-electron chi connectivity index (χ4n) is 5.36. The van der Waals surface area contributed by atoms with Gasteiger partial charge in [-0.2, -0.15) is 0 Å². The second-order valence-electron chi connectivity index (χ2n) is 12.1. The predicted molar refractivity (Wildman–Crippen MR) is 170 cm³/mol. The van der Waals surface area contributed by atoms with Crippen LogP contribution in [0.5, 0.6) is 0 Å². The summed E-state index contributed by atoms with van der Waals surface area (Å²) in [6, 6.07) is -0.515. The molecule has 0 aliphatic carbocycles. The first-order chi connectivity index (χ1) is 19.5. The summed E-state index contributed by atoms with van der Waals surface area (Å²) in [5.41, 5.74) is 6.11. The molecule has 0 spiro atoms. The van der Waals surface area contributed by atoms with Gasteiger partial charge in [0.05, 0.1) is 13.2 Å². The van der Waals surface area contributed by atoms with Crippen molar-refractivity contribution in [2.75, 3.05) is 13.2 Å².